The Labute approximate surface area is 224 Å². The average molecular weight is 572 g/mol. The second-order valence-electron chi connectivity index (χ2n) is 6.79. The third kappa shape index (κ3) is 11.1. The first kappa shape index (κ1) is 30.4. The highest BCUT2D eigenvalue weighted by atomic mass is 35.5. The third-order valence-corrected chi connectivity index (χ3v) is 7.98. The first-order chi connectivity index (χ1) is 15.5. The van der Waals surface area contributed by atoms with Gasteiger partial charge in [-0.3, -0.25) is 4.79 Å². The molecule has 0 unspecified atom stereocenters. The quantitative estimate of drug-likeness (QED) is 0.189. The molecule has 0 aliphatic rings. The lowest BCUT2D eigenvalue weighted by atomic mass is 10.1. The minimum Gasteiger partial charge on any atom is -0.464 e. The van der Waals surface area contributed by atoms with Gasteiger partial charge in [0.05, 0.1) is 12.6 Å². The van der Waals surface area contributed by atoms with E-state index in [4.69, 9.17) is 33.7 Å². The number of hydrogen-bond acceptors (Lipinski definition) is 7. The highest BCUT2D eigenvalue weighted by Crippen LogP contribution is 2.28. The van der Waals surface area contributed by atoms with Crippen molar-refractivity contribution in [1.82, 2.24) is 5.32 Å². The number of nitrogens with one attached hydrogen (secondary N) is 1. The Morgan fingerprint density at radius 1 is 1.12 bits per heavy atom. The Morgan fingerprint density at radius 2 is 1.76 bits per heavy atom. The molecule has 0 aliphatic heterocycles. The fourth-order valence-electron chi connectivity index (χ4n) is 2.92. The van der Waals surface area contributed by atoms with Crippen LogP contribution in [0.1, 0.15) is 17.4 Å². The summed E-state index contributed by atoms with van der Waals surface area (Å²) in [5.74, 6) is 1.86. The van der Waals surface area contributed by atoms with Crippen LogP contribution in [-0.2, 0) is 27.2 Å². The molecule has 2 rings (SSSR count). The molecule has 5 nitrogen and oxygen atoms in total. The maximum Gasteiger partial charge on any atom is 0.329 e. The number of halogens is 3. The van der Waals surface area contributed by atoms with Gasteiger partial charge in [0.1, 0.15) is 6.04 Å². The van der Waals surface area contributed by atoms with Crippen molar-refractivity contribution >= 4 is 82.3 Å². The predicted octanol–water partition coefficient (Wildman–Crippen LogP) is 4.99. The van der Waals surface area contributed by atoms with Gasteiger partial charge in [-0.05, 0) is 48.6 Å². The molecule has 1 aromatic heterocycles. The number of esters is 1. The van der Waals surface area contributed by atoms with Crippen molar-refractivity contribution in [3.05, 3.63) is 46.2 Å². The third-order valence-electron chi connectivity index (χ3n) is 4.30. The van der Waals surface area contributed by atoms with E-state index in [0.717, 1.165) is 31.7 Å². The van der Waals surface area contributed by atoms with Crippen LogP contribution in [0.4, 0.5) is 0 Å². The van der Waals surface area contributed by atoms with Gasteiger partial charge >= 0.3 is 5.97 Å². The molecule has 2 atom stereocenters. The predicted molar refractivity (Wildman–Crippen MR) is 145 cm³/mol. The molecule has 1 aromatic carbocycles. The summed E-state index contributed by atoms with van der Waals surface area (Å²) in [7, 11) is 0. The van der Waals surface area contributed by atoms with Crippen LogP contribution < -0.4 is 11.1 Å². The van der Waals surface area contributed by atoms with Gasteiger partial charge in [-0.2, -0.15) is 0 Å². The van der Waals surface area contributed by atoms with Gasteiger partial charge in [0, 0.05) is 44.4 Å². The van der Waals surface area contributed by atoms with Crippen LogP contribution >= 0.6 is 70.5 Å². The number of thioether (sulfide) groups is 2. The monoisotopic (exact) mass is 570 g/mol. The molecule has 0 spiro atoms. The van der Waals surface area contributed by atoms with Crippen molar-refractivity contribution in [2.45, 2.75) is 41.6 Å². The lowest BCUT2D eigenvalue weighted by Gasteiger charge is -2.20. The second-order valence-corrected chi connectivity index (χ2v) is 10.9. The van der Waals surface area contributed by atoms with E-state index in [1.54, 1.807) is 30.4 Å². The number of rotatable bonds is 14. The first-order valence-electron chi connectivity index (χ1n) is 10.2. The van der Waals surface area contributed by atoms with Crippen LogP contribution in [-0.4, -0.2) is 53.8 Å². The van der Waals surface area contributed by atoms with E-state index >= 15 is 0 Å². The Kier molecular flexibility index (Phi) is 15.6. The highest BCUT2D eigenvalue weighted by Gasteiger charge is 2.26. The first-order valence-corrected chi connectivity index (χ1v) is 14.1. The van der Waals surface area contributed by atoms with Gasteiger partial charge in [-0.1, -0.05) is 6.07 Å². The van der Waals surface area contributed by atoms with Gasteiger partial charge in [0.25, 0.3) is 0 Å². The number of benzene rings is 1. The summed E-state index contributed by atoms with van der Waals surface area (Å²) in [5.41, 5.74) is 7.18. The molecule has 0 bridgehead atoms. The summed E-state index contributed by atoms with van der Waals surface area (Å²) in [6.07, 6.45) is 0.725. The average Bonchev–Trinajstić information content (AvgIpc) is 3.29. The van der Waals surface area contributed by atoms with Crippen molar-refractivity contribution in [3.63, 3.8) is 0 Å². The molecular weight excluding hydrogens is 543 g/mol. The molecule has 0 saturated heterocycles. The molecule has 2 aromatic rings. The van der Waals surface area contributed by atoms with E-state index in [-0.39, 0.29) is 24.9 Å². The minimum atomic E-state index is -0.797. The van der Waals surface area contributed by atoms with E-state index in [9.17, 15) is 9.59 Å². The summed E-state index contributed by atoms with van der Waals surface area (Å²) < 4.78 is 5.14. The van der Waals surface area contributed by atoms with E-state index in [2.05, 4.69) is 11.4 Å². The molecule has 0 radical (unpaired) electrons. The molecule has 1 amide bonds. The van der Waals surface area contributed by atoms with E-state index in [1.807, 2.05) is 29.6 Å². The molecular formula is C22H29Cl3N2O3S3. The lowest BCUT2D eigenvalue weighted by Crippen LogP contribution is -2.50. The summed E-state index contributed by atoms with van der Waals surface area (Å²) in [4.78, 5) is 28.3. The number of hydrogen-bond donors (Lipinski definition) is 2. The van der Waals surface area contributed by atoms with Crippen LogP contribution in [0.25, 0.3) is 0 Å². The number of nitrogens with two attached hydrogens (primary N) is 1. The largest absolute Gasteiger partial charge is 0.464 e. The maximum absolute atomic E-state index is 12.8. The number of carbonyl (C=O) groups is 2. The normalized spacial score (nSPS) is 12.5. The summed E-state index contributed by atoms with van der Waals surface area (Å²) in [6, 6.07) is 8.42. The molecule has 0 saturated carbocycles. The maximum atomic E-state index is 12.8. The number of ether oxygens (including phenoxy) is 1. The lowest BCUT2D eigenvalue weighted by molar-refractivity contribution is -0.147. The Morgan fingerprint density at radius 3 is 2.27 bits per heavy atom. The van der Waals surface area contributed by atoms with Crippen molar-refractivity contribution in [2.75, 3.05) is 29.9 Å². The summed E-state index contributed by atoms with van der Waals surface area (Å²) in [5, 5.41) is 4.71. The van der Waals surface area contributed by atoms with Crippen molar-refractivity contribution < 1.29 is 14.3 Å². The molecule has 33 heavy (non-hydrogen) atoms. The molecule has 3 N–H and O–H groups in total. The van der Waals surface area contributed by atoms with Gasteiger partial charge in [0.15, 0.2) is 0 Å². The number of amides is 1. The minimum absolute atomic E-state index is 0. The molecule has 1 heterocycles. The fraction of sp³-hybridized carbons (Fsp3) is 0.455. The van der Waals surface area contributed by atoms with Crippen molar-refractivity contribution in [3.8, 4) is 0 Å². The van der Waals surface area contributed by atoms with Gasteiger partial charge in [0.2, 0.25) is 5.91 Å². The summed E-state index contributed by atoms with van der Waals surface area (Å²) in [6.45, 7) is 1.99. The standard InChI is InChI=1S/C22H28Cl2N2O3S3.ClH/c1-2-29-22(28)20(14-16-4-3-7-30-16)26-21(27)19(25)12-15-10-17(31-8-5-23)13-18(11-15)32-9-6-24;/h3-4,7,10-11,13,19-20H,2,5-6,8-9,12,14,25H2,1H3,(H,26,27);1H/t19-,20-;/m0./s1. The van der Waals surface area contributed by atoms with Crippen LogP contribution in [0.2, 0.25) is 0 Å². The van der Waals surface area contributed by atoms with E-state index < -0.39 is 18.1 Å². The molecule has 184 valence electrons. The van der Waals surface area contributed by atoms with Crippen molar-refractivity contribution in [1.29, 1.82) is 0 Å². The van der Waals surface area contributed by atoms with E-state index in [0.29, 0.717) is 24.6 Å². The Hall–Kier alpha value is -0.610. The zero-order valence-electron chi connectivity index (χ0n) is 18.3. The van der Waals surface area contributed by atoms with Crippen LogP contribution in [0.3, 0.4) is 0 Å². The zero-order valence-corrected chi connectivity index (χ0v) is 23.0. The smallest absolute Gasteiger partial charge is 0.329 e. The van der Waals surface area contributed by atoms with Gasteiger partial charge < -0.3 is 15.8 Å². The Balaban J connectivity index is 0.00000544. The number of thiophene rings is 1. The number of carbonyl (C=O) groups excluding carboxylic acids is 2. The van der Waals surface area contributed by atoms with Crippen LogP contribution in [0.15, 0.2) is 45.5 Å². The topological polar surface area (TPSA) is 81.4 Å². The van der Waals surface area contributed by atoms with Crippen molar-refractivity contribution in [2.24, 2.45) is 5.73 Å². The Bertz CT molecular complexity index is 830. The highest BCUT2D eigenvalue weighted by molar-refractivity contribution is 8.00. The van der Waals surface area contributed by atoms with Crippen LogP contribution in [0, 0.1) is 0 Å². The summed E-state index contributed by atoms with van der Waals surface area (Å²) >= 11 is 16.5. The van der Waals surface area contributed by atoms with E-state index in [1.165, 1.54) is 11.3 Å². The van der Waals surface area contributed by atoms with Gasteiger partial charge in [-0.15, -0.1) is 70.5 Å². The second kappa shape index (κ2) is 16.9. The molecule has 11 heteroatoms. The molecule has 0 fully saturated rings. The fourth-order valence-corrected chi connectivity index (χ4v) is 5.72. The number of alkyl halides is 2. The SMILES string of the molecule is CCOC(=O)[C@H](Cc1cccs1)NC(=O)[C@@H](N)Cc1cc(SCCCl)cc(SCCCl)c1.Cl. The molecule has 0 aliphatic carbocycles. The van der Waals surface area contributed by atoms with Crippen LogP contribution in [0.5, 0.6) is 0 Å². The zero-order chi connectivity index (χ0) is 23.3. The van der Waals surface area contributed by atoms with Gasteiger partial charge in [-0.25, -0.2) is 4.79 Å².